The number of aromatic hydroxyl groups is 1. The van der Waals surface area contributed by atoms with Crippen LogP contribution in [0.4, 0.5) is 8.78 Å². The summed E-state index contributed by atoms with van der Waals surface area (Å²) >= 11 is 0. The van der Waals surface area contributed by atoms with E-state index in [1.165, 1.54) is 24.3 Å². The fraction of sp³-hybridized carbons (Fsp3) is 0. The second kappa shape index (κ2) is 4.22. The molecule has 1 N–H and O–H groups in total. The topological polar surface area (TPSA) is 44.0 Å². The van der Waals surface area contributed by atoms with Gasteiger partial charge in [0.05, 0.1) is 11.6 Å². The van der Waals surface area contributed by atoms with Crippen LogP contribution in [0.1, 0.15) is 5.56 Å². The lowest BCUT2D eigenvalue weighted by Gasteiger charge is -2.06. The van der Waals surface area contributed by atoms with Gasteiger partial charge in [-0.2, -0.15) is 5.26 Å². The Balaban J connectivity index is 2.67. The first-order chi connectivity index (χ1) is 8.11. The Kier molecular flexibility index (Phi) is 2.75. The third-order valence-electron chi connectivity index (χ3n) is 2.33. The Bertz CT molecular complexity index is 617. The molecule has 0 unspecified atom stereocenters. The molecular weight excluding hydrogens is 224 g/mol. The monoisotopic (exact) mass is 231 g/mol. The zero-order valence-electron chi connectivity index (χ0n) is 8.61. The van der Waals surface area contributed by atoms with E-state index in [0.717, 1.165) is 12.1 Å². The summed E-state index contributed by atoms with van der Waals surface area (Å²) in [6.07, 6.45) is 0. The van der Waals surface area contributed by atoms with Gasteiger partial charge in [-0.25, -0.2) is 8.78 Å². The molecule has 2 aromatic carbocycles. The van der Waals surface area contributed by atoms with Crippen LogP contribution in [-0.2, 0) is 0 Å². The molecule has 4 heteroatoms. The number of benzene rings is 2. The fourth-order valence-corrected chi connectivity index (χ4v) is 1.54. The van der Waals surface area contributed by atoms with E-state index in [9.17, 15) is 13.9 Å². The summed E-state index contributed by atoms with van der Waals surface area (Å²) in [5, 5.41) is 18.3. The van der Waals surface area contributed by atoms with Crippen molar-refractivity contribution in [2.24, 2.45) is 0 Å². The maximum absolute atomic E-state index is 13.3. The molecule has 0 aliphatic heterocycles. The van der Waals surface area contributed by atoms with Crippen LogP contribution in [0.3, 0.4) is 0 Å². The first-order valence-electron chi connectivity index (χ1n) is 4.80. The number of phenolic OH excluding ortho intramolecular Hbond substituents is 1. The Morgan fingerprint density at radius 3 is 2.53 bits per heavy atom. The number of hydrogen-bond donors (Lipinski definition) is 1. The third kappa shape index (κ3) is 2.08. The molecule has 2 aromatic rings. The molecule has 0 saturated heterocycles. The first-order valence-corrected chi connectivity index (χ1v) is 4.80. The largest absolute Gasteiger partial charge is 0.504 e. The zero-order chi connectivity index (χ0) is 12.4. The molecule has 0 heterocycles. The second-order valence-corrected chi connectivity index (χ2v) is 3.48. The van der Waals surface area contributed by atoms with Gasteiger partial charge in [-0.1, -0.05) is 12.1 Å². The van der Waals surface area contributed by atoms with Crippen molar-refractivity contribution in [2.75, 3.05) is 0 Å². The molecule has 0 aliphatic rings. The molecule has 0 radical (unpaired) electrons. The molecule has 2 rings (SSSR count). The minimum Gasteiger partial charge on any atom is -0.504 e. The minimum atomic E-state index is -0.900. The lowest BCUT2D eigenvalue weighted by Crippen LogP contribution is -1.87. The molecule has 2 nitrogen and oxygen atoms in total. The molecule has 0 fully saturated rings. The summed E-state index contributed by atoms with van der Waals surface area (Å²) in [4.78, 5) is 0. The van der Waals surface area contributed by atoms with E-state index >= 15 is 0 Å². The van der Waals surface area contributed by atoms with Gasteiger partial charge >= 0.3 is 0 Å². The molecule has 0 aliphatic carbocycles. The summed E-state index contributed by atoms with van der Waals surface area (Å²) in [6, 6.07) is 9.39. The number of hydrogen-bond acceptors (Lipinski definition) is 2. The van der Waals surface area contributed by atoms with Crippen LogP contribution in [0.2, 0.25) is 0 Å². The van der Waals surface area contributed by atoms with Crippen molar-refractivity contribution >= 4 is 0 Å². The van der Waals surface area contributed by atoms with Gasteiger partial charge in [-0.3, -0.25) is 0 Å². The highest BCUT2D eigenvalue weighted by Gasteiger charge is 2.12. The number of phenols is 1. The Labute approximate surface area is 96.4 Å². The van der Waals surface area contributed by atoms with Gasteiger partial charge < -0.3 is 5.11 Å². The zero-order valence-corrected chi connectivity index (χ0v) is 8.61. The van der Waals surface area contributed by atoms with Gasteiger partial charge in [0.15, 0.2) is 11.6 Å². The molecule has 0 atom stereocenters. The predicted octanol–water partition coefficient (Wildman–Crippen LogP) is 3.21. The average Bonchev–Trinajstić information content (AvgIpc) is 2.32. The highest BCUT2D eigenvalue weighted by molar-refractivity contribution is 5.72. The summed E-state index contributed by atoms with van der Waals surface area (Å²) < 4.78 is 26.3. The molecule has 0 aromatic heterocycles. The average molecular weight is 231 g/mol. The second-order valence-electron chi connectivity index (χ2n) is 3.48. The van der Waals surface area contributed by atoms with Crippen molar-refractivity contribution < 1.29 is 13.9 Å². The number of halogens is 2. The van der Waals surface area contributed by atoms with Crippen molar-refractivity contribution in [3.8, 4) is 22.9 Å². The number of nitriles is 1. The lowest BCUT2D eigenvalue weighted by atomic mass is 10.0. The van der Waals surface area contributed by atoms with E-state index in [2.05, 4.69) is 0 Å². The highest BCUT2D eigenvalue weighted by atomic mass is 19.1. The van der Waals surface area contributed by atoms with E-state index in [1.54, 1.807) is 6.07 Å². The SMILES string of the molecule is N#Cc1cc(F)c(O)c(-c2cccc(F)c2)c1. The molecule has 0 amide bonds. The van der Waals surface area contributed by atoms with Gasteiger partial charge in [0.25, 0.3) is 0 Å². The summed E-state index contributed by atoms with van der Waals surface area (Å²) in [5.74, 6) is -1.98. The maximum Gasteiger partial charge on any atom is 0.166 e. The van der Waals surface area contributed by atoms with Gasteiger partial charge in [0.2, 0.25) is 0 Å². The van der Waals surface area contributed by atoms with Crippen molar-refractivity contribution in [1.82, 2.24) is 0 Å². The molecule has 0 spiro atoms. The van der Waals surface area contributed by atoms with E-state index in [0.29, 0.717) is 5.56 Å². The van der Waals surface area contributed by atoms with Crippen LogP contribution in [0.5, 0.6) is 5.75 Å². The van der Waals surface area contributed by atoms with Crippen LogP contribution in [-0.4, -0.2) is 5.11 Å². The standard InChI is InChI=1S/C13H7F2NO/c14-10-3-1-2-9(6-10)11-4-8(7-16)5-12(15)13(11)17/h1-6,17H. The molecule has 17 heavy (non-hydrogen) atoms. The van der Waals surface area contributed by atoms with Gasteiger partial charge in [-0.15, -0.1) is 0 Å². The van der Waals surface area contributed by atoms with Crippen LogP contribution < -0.4 is 0 Å². The normalized spacial score (nSPS) is 9.94. The van der Waals surface area contributed by atoms with Crippen molar-refractivity contribution in [3.63, 3.8) is 0 Å². The van der Waals surface area contributed by atoms with Crippen molar-refractivity contribution in [3.05, 3.63) is 53.6 Å². The van der Waals surface area contributed by atoms with Crippen LogP contribution >= 0.6 is 0 Å². The fourth-order valence-electron chi connectivity index (χ4n) is 1.54. The Hall–Kier alpha value is -2.41. The Morgan fingerprint density at radius 1 is 1.12 bits per heavy atom. The highest BCUT2D eigenvalue weighted by Crippen LogP contribution is 2.32. The minimum absolute atomic E-state index is 0.0690. The summed E-state index contributed by atoms with van der Waals surface area (Å²) in [6.45, 7) is 0. The van der Waals surface area contributed by atoms with Gasteiger partial charge in [0.1, 0.15) is 5.82 Å². The van der Waals surface area contributed by atoms with Crippen LogP contribution in [0.15, 0.2) is 36.4 Å². The van der Waals surface area contributed by atoms with E-state index < -0.39 is 17.4 Å². The summed E-state index contributed by atoms with van der Waals surface area (Å²) in [5.41, 5.74) is 0.485. The quantitative estimate of drug-likeness (QED) is 0.818. The van der Waals surface area contributed by atoms with Crippen LogP contribution in [0.25, 0.3) is 11.1 Å². The predicted molar refractivity (Wildman–Crippen MR) is 58.2 cm³/mol. The number of nitrogens with zero attached hydrogens (tertiary/aromatic N) is 1. The van der Waals surface area contributed by atoms with Crippen molar-refractivity contribution in [1.29, 1.82) is 5.26 Å². The van der Waals surface area contributed by atoms with Gasteiger partial charge in [0, 0.05) is 5.56 Å². The molecule has 84 valence electrons. The number of rotatable bonds is 1. The Morgan fingerprint density at radius 2 is 1.88 bits per heavy atom. The smallest absolute Gasteiger partial charge is 0.166 e. The van der Waals surface area contributed by atoms with E-state index in [-0.39, 0.29) is 11.1 Å². The van der Waals surface area contributed by atoms with E-state index in [1.807, 2.05) is 0 Å². The van der Waals surface area contributed by atoms with Gasteiger partial charge in [-0.05, 0) is 29.8 Å². The first kappa shape index (κ1) is 11.1. The van der Waals surface area contributed by atoms with E-state index in [4.69, 9.17) is 5.26 Å². The van der Waals surface area contributed by atoms with Crippen LogP contribution in [0, 0.1) is 23.0 Å². The lowest BCUT2D eigenvalue weighted by molar-refractivity contribution is 0.434. The third-order valence-corrected chi connectivity index (χ3v) is 2.33. The van der Waals surface area contributed by atoms with Crippen molar-refractivity contribution in [2.45, 2.75) is 0 Å². The molecular formula is C13H7F2NO. The maximum atomic E-state index is 13.3. The summed E-state index contributed by atoms with van der Waals surface area (Å²) in [7, 11) is 0. The molecule has 0 bridgehead atoms. The molecule has 0 saturated carbocycles.